The smallest absolute Gasteiger partial charge is 0.314 e. The van der Waals surface area contributed by atoms with E-state index in [4.69, 9.17) is 11.3 Å². The maximum absolute atomic E-state index is 11.2. The van der Waals surface area contributed by atoms with Crippen molar-refractivity contribution in [3.05, 3.63) is 11.4 Å². The van der Waals surface area contributed by atoms with Crippen LogP contribution in [0.25, 0.3) is 4.85 Å². The average Bonchev–Trinajstić information content (AvgIpc) is 2.54. The van der Waals surface area contributed by atoms with Gasteiger partial charge in [0.1, 0.15) is 6.42 Å². The molecule has 0 heterocycles. The number of nitrogens with zero attached hydrogens (tertiary/aromatic N) is 1. The SMILES string of the molecule is [C-]#[N+]C1(CC(=O)OCC)CCCC1. The molecule has 0 aromatic carbocycles. The van der Waals surface area contributed by atoms with E-state index in [2.05, 4.69) is 4.85 Å². The summed E-state index contributed by atoms with van der Waals surface area (Å²) in [7, 11) is 0. The van der Waals surface area contributed by atoms with Crippen molar-refractivity contribution in [1.82, 2.24) is 0 Å². The van der Waals surface area contributed by atoms with Gasteiger partial charge >= 0.3 is 5.97 Å². The fourth-order valence-corrected chi connectivity index (χ4v) is 1.84. The number of rotatable bonds is 3. The first-order chi connectivity index (χ1) is 6.22. The first-order valence-electron chi connectivity index (χ1n) is 4.77. The predicted molar refractivity (Wildman–Crippen MR) is 49.1 cm³/mol. The molecular formula is C10H15NO2. The van der Waals surface area contributed by atoms with Crippen LogP contribution < -0.4 is 0 Å². The molecule has 0 aliphatic heterocycles. The van der Waals surface area contributed by atoms with Gasteiger partial charge in [-0.1, -0.05) is 0 Å². The Hall–Kier alpha value is -1.04. The standard InChI is InChI=1S/C10H15NO2/c1-3-13-9(12)8-10(11-2)6-4-5-7-10/h3-8H2,1H3. The van der Waals surface area contributed by atoms with Gasteiger partial charge in [0.15, 0.2) is 0 Å². The number of hydrogen-bond donors (Lipinski definition) is 0. The van der Waals surface area contributed by atoms with Crippen molar-refractivity contribution >= 4 is 5.97 Å². The third kappa shape index (κ3) is 2.45. The molecule has 1 fully saturated rings. The van der Waals surface area contributed by atoms with Gasteiger partial charge in [0.25, 0.3) is 0 Å². The van der Waals surface area contributed by atoms with E-state index in [9.17, 15) is 4.79 Å². The molecule has 0 bridgehead atoms. The van der Waals surface area contributed by atoms with Crippen molar-refractivity contribution in [1.29, 1.82) is 0 Å². The Bertz CT molecular complexity index is 224. The van der Waals surface area contributed by atoms with E-state index in [0.717, 1.165) is 25.7 Å². The summed E-state index contributed by atoms with van der Waals surface area (Å²) >= 11 is 0. The van der Waals surface area contributed by atoms with E-state index in [1.54, 1.807) is 6.92 Å². The van der Waals surface area contributed by atoms with Gasteiger partial charge in [0, 0.05) is 12.8 Å². The molecule has 3 heteroatoms. The zero-order valence-corrected chi connectivity index (χ0v) is 8.01. The van der Waals surface area contributed by atoms with Crippen LogP contribution in [0.2, 0.25) is 0 Å². The number of hydrogen-bond acceptors (Lipinski definition) is 2. The topological polar surface area (TPSA) is 30.7 Å². The third-order valence-electron chi connectivity index (χ3n) is 2.55. The molecule has 1 saturated carbocycles. The van der Waals surface area contributed by atoms with Crippen LogP contribution in [0, 0.1) is 6.57 Å². The van der Waals surface area contributed by atoms with Crippen LogP contribution in [0.3, 0.4) is 0 Å². The van der Waals surface area contributed by atoms with Gasteiger partial charge in [-0.2, -0.15) is 0 Å². The van der Waals surface area contributed by atoms with E-state index >= 15 is 0 Å². The Labute approximate surface area is 78.9 Å². The molecule has 0 unspecified atom stereocenters. The number of carbonyl (C=O) groups is 1. The summed E-state index contributed by atoms with van der Waals surface area (Å²) in [4.78, 5) is 14.8. The van der Waals surface area contributed by atoms with E-state index < -0.39 is 5.54 Å². The monoisotopic (exact) mass is 181 g/mol. The van der Waals surface area contributed by atoms with Gasteiger partial charge < -0.3 is 9.58 Å². The van der Waals surface area contributed by atoms with E-state index in [0.29, 0.717) is 6.61 Å². The lowest BCUT2D eigenvalue weighted by Crippen LogP contribution is -2.25. The fraction of sp³-hybridized carbons (Fsp3) is 0.800. The molecule has 72 valence electrons. The summed E-state index contributed by atoms with van der Waals surface area (Å²) in [6.45, 7) is 9.29. The average molecular weight is 181 g/mol. The third-order valence-corrected chi connectivity index (χ3v) is 2.55. The molecule has 0 N–H and O–H groups in total. The van der Waals surface area contributed by atoms with Crippen molar-refractivity contribution in [2.24, 2.45) is 0 Å². The van der Waals surface area contributed by atoms with Gasteiger partial charge in [0.2, 0.25) is 5.54 Å². The van der Waals surface area contributed by atoms with Crippen LogP contribution in [0.4, 0.5) is 0 Å². The Balaban J connectivity index is 2.49. The zero-order chi connectivity index (χ0) is 9.73. The lowest BCUT2D eigenvalue weighted by molar-refractivity contribution is -0.144. The lowest BCUT2D eigenvalue weighted by atomic mass is 9.95. The Morgan fingerprint density at radius 3 is 2.62 bits per heavy atom. The maximum atomic E-state index is 11.2. The summed E-state index contributed by atoms with van der Waals surface area (Å²) < 4.78 is 4.85. The van der Waals surface area contributed by atoms with Crippen molar-refractivity contribution in [2.75, 3.05) is 6.61 Å². The van der Waals surface area contributed by atoms with Crippen LogP contribution in [0.15, 0.2) is 0 Å². The molecule has 0 spiro atoms. The quantitative estimate of drug-likeness (QED) is 0.493. The van der Waals surface area contributed by atoms with E-state index in [-0.39, 0.29) is 12.4 Å². The zero-order valence-electron chi connectivity index (χ0n) is 8.01. The minimum Gasteiger partial charge on any atom is -0.466 e. The van der Waals surface area contributed by atoms with Crippen molar-refractivity contribution in [2.45, 2.75) is 44.6 Å². The highest BCUT2D eigenvalue weighted by atomic mass is 16.5. The molecule has 0 radical (unpaired) electrons. The largest absolute Gasteiger partial charge is 0.466 e. The molecule has 1 rings (SSSR count). The van der Waals surface area contributed by atoms with Crippen LogP contribution in [-0.4, -0.2) is 18.1 Å². The fourth-order valence-electron chi connectivity index (χ4n) is 1.84. The first kappa shape index (κ1) is 10.0. The van der Waals surface area contributed by atoms with Crippen LogP contribution in [-0.2, 0) is 9.53 Å². The molecular weight excluding hydrogens is 166 g/mol. The molecule has 0 saturated heterocycles. The normalized spacial score (nSPS) is 19.4. The van der Waals surface area contributed by atoms with Crippen molar-refractivity contribution in [3.8, 4) is 0 Å². The number of carbonyl (C=O) groups excluding carboxylic acids is 1. The highest BCUT2D eigenvalue weighted by Gasteiger charge is 2.42. The van der Waals surface area contributed by atoms with Crippen molar-refractivity contribution in [3.63, 3.8) is 0 Å². The second-order valence-electron chi connectivity index (χ2n) is 3.53. The Kier molecular flexibility index (Phi) is 3.30. The summed E-state index contributed by atoms with van der Waals surface area (Å²) in [6, 6.07) is 0. The highest BCUT2D eigenvalue weighted by Crippen LogP contribution is 2.36. The second-order valence-corrected chi connectivity index (χ2v) is 3.53. The molecule has 1 aliphatic rings. The minimum absolute atomic E-state index is 0.222. The summed E-state index contributed by atoms with van der Waals surface area (Å²) in [5.74, 6) is -0.222. The number of ether oxygens (including phenoxy) is 1. The number of esters is 1. The summed E-state index contributed by atoms with van der Waals surface area (Å²) in [6.07, 6.45) is 4.14. The predicted octanol–water partition coefficient (Wildman–Crippen LogP) is 2.17. The lowest BCUT2D eigenvalue weighted by Gasteiger charge is -2.13. The van der Waals surface area contributed by atoms with Gasteiger partial charge in [-0.05, 0) is 19.8 Å². The van der Waals surface area contributed by atoms with Gasteiger partial charge in [-0.3, -0.25) is 4.79 Å². The van der Waals surface area contributed by atoms with E-state index in [1.165, 1.54) is 0 Å². The van der Waals surface area contributed by atoms with Crippen LogP contribution in [0.5, 0.6) is 0 Å². The van der Waals surface area contributed by atoms with Crippen LogP contribution >= 0.6 is 0 Å². The van der Waals surface area contributed by atoms with Gasteiger partial charge in [-0.15, -0.1) is 0 Å². The maximum Gasteiger partial charge on any atom is 0.314 e. The van der Waals surface area contributed by atoms with Gasteiger partial charge in [0.05, 0.1) is 6.61 Å². The Morgan fingerprint density at radius 1 is 1.54 bits per heavy atom. The molecule has 1 aliphatic carbocycles. The summed E-state index contributed by atoms with van der Waals surface area (Å²) in [5.41, 5.74) is -0.424. The molecule has 13 heavy (non-hydrogen) atoms. The minimum atomic E-state index is -0.424. The highest BCUT2D eigenvalue weighted by molar-refractivity contribution is 5.71. The second kappa shape index (κ2) is 4.27. The Morgan fingerprint density at radius 2 is 2.15 bits per heavy atom. The van der Waals surface area contributed by atoms with Crippen LogP contribution in [0.1, 0.15) is 39.0 Å². The van der Waals surface area contributed by atoms with E-state index in [1.807, 2.05) is 0 Å². The molecule has 0 aromatic heterocycles. The van der Waals surface area contributed by atoms with Gasteiger partial charge in [-0.25, -0.2) is 6.57 Å². The van der Waals surface area contributed by atoms with Crippen molar-refractivity contribution < 1.29 is 9.53 Å². The summed E-state index contributed by atoms with van der Waals surface area (Å²) in [5, 5.41) is 0. The molecule has 0 atom stereocenters. The molecule has 0 aromatic rings. The molecule has 0 amide bonds. The first-order valence-corrected chi connectivity index (χ1v) is 4.77. The molecule has 3 nitrogen and oxygen atoms in total.